The number of hydrogen-bond acceptors (Lipinski definition) is 5. The third-order valence-corrected chi connectivity index (χ3v) is 3.74. The van der Waals surface area contributed by atoms with E-state index in [-0.39, 0.29) is 5.82 Å². The van der Waals surface area contributed by atoms with E-state index in [0.717, 1.165) is 5.56 Å². The molecule has 1 aromatic carbocycles. The molecule has 0 bridgehead atoms. The zero-order chi connectivity index (χ0) is 14.0. The maximum absolute atomic E-state index is 12.9. The van der Waals surface area contributed by atoms with E-state index in [0.29, 0.717) is 10.7 Å². The fourth-order valence-electron chi connectivity index (χ4n) is 1.54. The molecule has 19 heavy (non-hydrogen) atoms. The SMILES string of the molecule is CC(C)(C(=O)ON)c1csc(-c2ccc(F)cc2)n1. The zero-order valence-corrected chi connectivity index (χ0v) is 11.3. The smallest absolute Gasteiger partial charge is 0.336 e. The van der Waals surface area contributed by atoms with Crippen LogP contribution in [0.15, 0.2) is 29.6 Å². The van der Waals surface area contributed by atoms with Crippen molar-refractivity contribution >= 4 is 17.3 Å². The van der Waals surface area contributed by atoms with Gasteiger partial charge in [-0.15, -0.1) is 11.3 Å². The van der Waals surface area contributed by atoms with Gasteiger partial charge >= 0.3 is 5.97 Å². The Morgan fingerprint density at radius 3 is 2.58 bits per heavy atom. The number of aromatic nitrogens is 1. The number of thiazole rings is 1. The molecule has 2 N–H and O–H groups in total. The molecule has 2 rings (SSSR count). The third-order valence-electron chi connectivity index (χ3n) is 2.85. The maximum atomic E-state index is 12.9. The molecule has 100 valence electrons. The minimum Gasteiger partial charge on any atom is -0.373 e. The van der Waals surface area contributed by atoms with Crippen LogP contribution in [0.5, 0.6) is 0 Å². The summed E-state index contributed by atoms with van der Waals surface area (Å²) in [5.41, 5.74) is 0.464. The predicted octanol–water partition coefficient (Wildman–Crippen LogP) is 2.64. The average molecular weight is 280 g/mol. The lowest BCUT2D eigenvalue weighted by Crippen LogP contribution is -2.33. The molecule has 0 saturated heterocycles. The van der Waals surface area contributed by atoms with Gasteiger partial charge in [0.2, 0.25) is 0 Å². The van der Waals surface area contributed by atoms with Gasteiger partial charge in [0.1, 0.15) is 16.2 Å². The zero-order valence-electron chi connectivity index (χ0n) is 10.5. The van der Waals surface area contributed by atoms with Crippen molar-refractivity contribution in [3.63, 3.8) is 0 Å². The first-order valence-corrected chi connectivity index (χ1v) is 6.46. The first kappa shape index (κ1) is 13.6. The van der Waals surface area contributed by atoms with Crippen LogP contribution in [-0.4, -0.2) is 11.0 Å². The molecule has 0 unspecified atom stereocenters. The summed E-state index contributed by atoms with van der Waals surface area (Å²) >= 11 is 1.38. The Morgan fingerprint density at radius 1 is 1.37 bits per heavy atom. The molecule has 0 radical (unpaired) electrons. The highest BCUT2D eigenvalue weighted by atomic mass is 32.1. The number of benzene rings is 1. The van der Waals surface area contributed by atoms with Crippen LogP contribution in [0.3, 0.4) is 0 Å². The van der Waals surface area contributed by atoms with E-state index in [9.17, 15) is 9.18 Å². The molecule has 0 aliphatic heterocycles. The maximum Gasteiger partial charge on any atom is 0.336 e. The van der Waals surface area contributed by atoms with Crippen molar-refractivity contribution in [2.24, 2.45) is 5.90 Å². The molecular weight excluding hydrogens is 267 g/mol. The number of rotatable bonds is 3. The van der Waals surface area contributed by atoms with Crippen LogP contribution in [0.1, 0.15) is 19.5 Å². The number of nitrogens with zero attached hydrogens (tertiary/aromatic N) is 1. The summed E-state index contributed by atoms with van der Waals surface area (Å²) in [4.78, 5) is 20.3. The molecular formula is C13H13FN2O2S. The van der Waals surface area contributed by atoms with Gasteiger partial charge in [0.15, 0.2) is 0 Å². The van der Waals surface area contributed by atoms with Gasteiger partial charge in [-0.05, 0) is 38.1 Å². The molecule has 2 aromatic rings. The standard InChI is InChI=1S/C13H13FN2O2S/c1-13(2,12(17)18-15)10-7-19-11(16-10)8-3-5-9(14)6-4-8/h3-7H,15H2,1-2H3. The second-order valence-electron chi connectivity index (χ2n) is 4.58. The molecule has 1 heterocycles. The van der Waals surface area contributed by atoms with Crippen LogP contribution in [0.25, 0.3) is 10.6 Å². The number of nitrogens with two attached hydrogens (primary N) is 1. The summed E-state index contributed by atoms with van der Waals surface area (Å²) in [7, 11) is 0. The number of carbonyl (C=O) groups excluding carboxylic acids is 1. The van der Waals surface area contributed by atoms with Crippen molar-refractivity contribution in [2.75, 3.05) is 0 Å². The van der Waals surface area contributed by atoms with Crippen LogP contribution in [0, 0.1) is 5.82 Å². The number of hydrogen-bond donors (Lipinski definition) is 1. The third kappa shape index (κ3) is 2.64. The first-order chi connectivity index (χ1) is 8.95. The summed E-state index contributed by atoms with van der Waals surface area (Å²) in [5.74, 6) is 4.06. The van der Waals surface area contributed by atoms with Crippen molar-refractivity contribution in [2.45, 2.75) is 19.3 Å². The van der Waals surface area contributed by atoms with Crippen LogP contribution in [0.4, 0.5) is 4.39 Å². The molecule has 4 nitrogen and oxygen atoms in total. The van der Waals surface area contributed by atoms with Gasteiger partial charge in [-0.2, -0.15) is 5.90 Å². The normalized spacial score (nSPS) is 11.4. The van der Waals surface area contributed by atoms with Gasteiger partial charge in [0.25, 0.3) is 0 Å². The molecule has 0 aliphatic rings. The number of halogens is 1. The van der Waals surface area contributed by atoms with E-state index >= 15 is 0 Å². The van der Waals surface area contributed by atoms with Crippen molar-refractivity contribution in [1.29, 1.82) is 0 Å². The largest absolute Gasteiger partial charge is 0.373 e. The van der Waals surface area contributed by atoms with Gasteiger partial charge in [-0.3, -0.25) is 0 Å². The molecule has 0 spiro atoms. The van der Waals surface area contributed by atoms with E-state index < -0.39 is 11.4 Å². The van der Waals surface area contributed by atoms with Gasteiger partial charge in [0.05, 0.1) is 5.69 Å². The highest BCUT2D eigenvalue weighted by molar-refractivity contribution is 7.13. The molecule has 0 fully saturated rings. The fraction of sp³-hybridized carbons (Fsp3) is 0.231. The molecule has 6 heteroatoms. The van der Waals surface area contributed by atoms with Crippen LogP contribution in [0.2, 0.25) is 0 Å². The molecule has 0 saturated carbocycles. The van der Waals surface area contributed by atoms with Crippen molar-refractivity contribution in [3.05, 3.63) is 41.2 Å². The van der Waals surface area contributed by atoms with E-state index in [2.05, 4.69) is 9.82 Å². The quantitative estimate of drug-likeness (QED) is 0.878. The number of carbonyl (C=O) groups is 1. The lowest BCUT2D eigenvalue weighted by molar-refractivity contribution is -0.150. The predicted molar refractivity (Wildman–Crippen MR) is 70.8 cm³/mol. The van der Waals surface area contributed by atoms with Crippen molar-refractivity contribution in [1.82, 2.24) is 4.98 Å². The Morgan fingerprint density at radius 2 is 2.00 bits per heavy atom. The van der Waals surface area contributed by atoms with E-state index in [1.54, 1.807) is 31.4 Å². The summed E-state index contributed by atoms with van der Waals surface area (Å²) in [5, 5.41) is 2.49. The monoisotopic (exact) mass is 280 g/mol. The van der Waals surface area contributed by atoms with Gasteiger partial charge in [-0.1, -0.05) is 0 Å². The molecule has 0 aliphatic carbocycles. The fourth-order valence-corrected chi connectivity index (χ4v) is 2.53. The summed E-state index contributed by atoms with van der Waals surface area (Å²) < 4.78 is 12.9. The Labute approximate surface area is 114 Å². The second-order valence-corrected chi connectivity index (χ2v) is 5.43. The van der Waals surface area contributed by atoms with Crippen molar-refractivity contribution in [3.8, 4) is 10.6 Å². The minimum absolute atomic E-state index is 0.299. The lowest BCUT2D eigenvalue weighted by Gasteiger charge is -2.17. The van der Waals surface area contributed by atoms with Gasteiger partial charge in [0, 0.05) is 10.9 Å². The lowest BCUT2D eigenvalue weighted by atomic mass is 9.90. The summed E-state index contributed by atoms with van der Waals surface area (Å²) in [6, 6.07) is 6.03. The Bertz CT molecular complexity index is 593. The van der Waals surface area contributed by atoms with Crippen molar-refractivity contribution < 1.29 is 14.0 Å². The highest BCUT2D eigenvalue weighted by Gasteiger charge is 2.34. The van der Waals surface area contributed by atoms with Crippen LogP contribution < -0.4 is 5.90 Å². The Kier molecular flexibility index (Phi) is 3.64. The highest BCUT2D eigenvalue weighted by Crippen LogP contribution is 2.30. The van der Waals surface area contributed by atoms with E-state index in [4.69, 9.17) is 5.90 Å². The van der Waals surface area contributed by atoms with E-state index in [1.165, 1.54) is 23.5 Å². The average Bonchev–Trinajstić information content (AvgIpc) is 2.88. The van der Waals surface area contributed by atoms with Gasteiger partial charge in [-0.25, -0.2) is 14.2 Å². The van der Waals surface area contributed by atoms with Gasteiger partial charge < -0.3 is 4.84 Å². The molecule has 0 amide bonds. The second kappa shape index (κ2) is 5.07. The molecule has 1 aromatic heterocycles. The Hall–Kier alpha value is -1.79. The first-order valence-electron chi connectivity index (χ1n) is 5.58. The minimum atomic E-state index is -0.913. The van der Waals surface area contributed by atoms with Crippen LogP contribution >= 0.6 is 11.3 Å². The van der Waals surface area contributed by atoms with Crippen LogP contribution in [-0.2, 0) is 15.0 Å². The summed E-state index contributed by atoms with van der Waals surface area (Å²) in [6.45, 7) is 3.37. The van der Waals surface area contributed by atoms with E-state index in [1.807, 2.05) is 0 Å². The topological polar surface area (TPSA) is 65.2 Å². The summed E-state index contributed by atoms with van der Waals surface area (Å²) in [6.07, 6.45) is 0. The Balaban J connectivity index is 2.34. The molecule has 0 atom stereocenters.